The van der Waals surface area contributed by atoms with E-state index in [0.29, 0.717) is 53.0 Å². The van der Waals surface area contributed by atoms with Crippen molar-refractivity contribution >= 4 is 40.8 Å². The van der Waals surface area contributed by atoms with Crippen molar-refractivity contribution in [1.82, 2.24) is 4.90 Å². The maximum atomic E-state index is 12.8. The van der Waals surface area contributed by atoms with Gasteiger partial charge >= 0.3 is 0 Å². The van der Waals surface area contributed by atoms with E-state index in [0.717, 1.165) is 12.8 Å². The Labute approximate surface area is 163 Å². The van der Waals surface area contributed by atoms with E-state index < -0.39 is 0 Å². The van der Waals surface area contributed by atoms with Crippen LogP contribution >= 0.6 is 23.4 Å². The number of aliphatic hydroxyl groups excluding tert-OH is 1. The molecule has 1 N–H and O–H groups in total. The third-order valence-electron chi connectivity index (χ3n) is 3.91. The van der Waals surface area contributed by atoms with E-state index in [9.17, 15) is 9.59 Å². The van der Waals surface area contributed by atoms with Crippen LogP contribution in [0, 0.1) is 0 Å². The Kier molecular flexibility index (Phi) is 8.65. The highest BCUT2D eigenvalue weighted by molar-refractivity contribution is 8.04. The number of hydrogen-bond donors (Lipinski definition) is 1. The fourth-order valence-corrected chi connectivity index (χ4v) is 3.59. The molecule has 0 saturated heterocycles. The molecule has 0 bridgehead atoms. The van der Waals surface area contributed by atoms with Crippen molar-refractivity contribution in [1.29, 1.82) is 0 Å². The number of hydrogen-bond acceptors (Lipinski definition) is 5. The molecular weight excluding hydrogens is 374 g/mol. The third-order valence-corrected chi connectivity index (χ3v) is 5.21. The van der Waals surface area contributed by atoms with Gasteiger partial charge in [-0.1, -0.05) is 37.1 Å². The van der Waals surface area contributed by atoms with Crippen molar-refractivity contribution in [3.05, 3.63) is 39.8 Å². The van der Waals surface area contributed by atoms with Crippen LogP contribution in [0.3, 0.4) is 0 Å². The average molecular weight is 398 g/mol. The quantitative estimate of drug-likeness (QED) is 0.458. The average Bonchev–Trinajstić information content (AvgIpc) is 2.87. The van der Waals surface area contributed by atoms with Crippen LogP contribution < -0.4 is 0 Å². The minimum absolute atomic E-state index is 0.0607. The molecule has 1 aromatic carbocycles. The van der Waals surface area contributed by atoms with Gasteiger partial charge in [-0.05, 0) is 30.5 Å². The summed E-state index contributed by atoms with van der Waals surface area (Å²) in [5.74, 6) is -0.238. The zero-order valence-electron chi connectivity index (χ0n) is 14.9. The fraction of sp³-hybridized carbons (Fsp3) is 0.474. The summed E-state index contributed by atoms with van der Waals surface area (Å²) in [4.78, 5) is 27.2. The molecule has 1 aliphatic heterocycles. The maximum absolute atomic E-state index is 12.8. The van der Waals surface area contributed by atoms with Gasteiger partial charge in [0.1, 0.15) is 0 Å². The van der Waals surface area contributed by atoms with Crippen LogP contribution in [-0.4, -0.2) is 53.9 Å². The lowest BCUT2D eigenvalue weighted by molar-refractivity contribution is -0.136. The second kappa shape index (κ2) is 10.7. The zero-order valence-corrected chi connectivity index (χ0v) is 16.4. The lowest BCUT2D eigenvalue weighted by Gasteiger charge is -2.15. The van der Waals surface area contributed by atoms with Crippen molar-refractivity contribution in [2.75, 3.05) is 32.1 Å². The van der Waals surface area contributed by atoms with Gasteiger partial charge < -0.3 is 9.84 Å². The van der Waals surface area contributed by atoms with Crippen LogP contribution in [0.25, 0.3) is 5.57 Å². The van der Waals surface area contributed by atoms with Crippen molar-refractivity contribution in [2.24, 2.45) is 0 Å². The highest BCUT2D eigenvalue weighted by Gasteiger charge is 2.38. The summed E-state index contributed by atoms with van der Waals surface area (Å²) in [6.45, 7) is 3.58. The van der Waals surface area contributed by atoms with E-state index in [1.54, 1.807) is 24.3 Å². The Morgan fingerprint density at radius 1 is 1.12 bits per heavy atom. The summed E-state index contributed by atoms with van der Waals surface area (Å²) >= 11 is 7.13. The molecular formula is C19H24ClNO4S. The summed E-state index contributed by atoms with van der Waals surface area (Å²) in [6, 6.07) is 6.86. The van der Waals surface area contributed by atoms with Gasteiger partial charge in [0, 0.05) is 30.5 Å². The molecule has 5 nitrogen and oxygen atoms in total. The van der Waals surface area contributed by atoms with Crippen LogP contribution in [-0.2, 0) is 14.3 Å². The molecule has 0 unspecified atom stereocenters. The number of imide groups is 1. The summed E-state index contributed by atoms with van der Waals surface area (Å²) in [7, 11) is 0. The first-order valence-electron chi connectivity index (χ1n) is 8.78. The van der Waals surface area contributed by atoms with Crippen molar-refractivity contribution in [3.63, 3.8) is 0 Å². The number of amides is 2. The minimum atomic E-state index is -0.300. The second-order valence-electron chi connectivity index (χ2n) is 5.86. The van der Waals surface area contributed by atoms with Gasteiger partial charge in [0.25, 0.3) is 11.8 Å². The Balaban J connectivity index is 2.09. The van der Waals surface area contributed by atoms with Crippen LogP contribution in [0.15, 0.2) is 29.2 Å². The van der Waals surface area contributed by atoms with E-state index in [1.165, 1.54) is 16.7 Å². The Morgan fingerprint density at radius 3 is 2.46 bits per heavy atom. The highest BCUT2D eigenvalue weighted by atomic mass is 35.5. The molecule has 26 heavy (non-hydrogen) atoms. The van der Waals surface area contributed by atoms with E-state index >= 15 is 0 Å². The van der Waals surface area contributed by atoms with Crippen LogP contribution in [0.5, 0.6) is 0 Å². The van der Waals surface area contributed by atoms with Crippen molar-refractivity contribution in [2.45, 2.75) is 26.2 Å². The zero-order chi connectivity index (χ0) is 18.9. The number of thioether (sulfide) groups is 1. The molecule has 0 aromatic heterocycles. The number of unbranched alkanes of at least 4 members (excludes halogenated alkanes) is 1. The summed E-state index contributed by atoms with van der Waals surface area (Å²) in [5.41, 5.74) is 1.05. The number of benzene rings is 1. The van der Waals surface area contributed by atoms with Gasteiger partial charge in [-0.2, -0.15) is 0 Å². The molecule has 1 aliphatic rings. The monoisotopic (exact) mass is 397 g/mol. The smallest absolute Gasteiger partial charge is 0.267 e. The number of nitrogens with zero attached hydrogens (tertiary/aromatic N) is 1. The van der Waals surface area contributed by atoms with E-state index in [4.69, 9.17) is 21.4 Å². The van der Waals surface area contributed by atoms with Gasteiger partial charge in [0.05, 0.1) is 17.1 Å². The van der Waals surface area contributed by atoms with Gasteiger partial charge in [0.2, 0.25) is 0 Å². The van der Waals surface area contributed by atoms with Crippen LogP contribution in [0.2, 0.25) is 5.02 Å². The number of carbonyl (C=O) groups excluding carboxylic acids is 2. The number of rotatable bonds is 11. The SMILES string of the molecule is CCCCOCCCN1C(=O)C(SCCO)=C(c2ccc(Cl)cc2)C1=O. The Morgan fingerprint density at radius 2 is 1.81 bits per heavy atom. The van der Waals surface area contributed by atoms with E-state index in [-0.39, 0.29) is 18.4 Å². The Bertz CT molecular complexity index is 660. The predicted octanol–water partition coefficient (Wildman–Crippen LogP) is 3.35. The number of carbonyl (C=O) groups is 2. The topological polar surface area (TPSA) is 66.8 Å². The summed E-state index contributed by atoms with van der Waals surface area (Å²) in [6.07, 6.45) is 2.68. The molecule has 1 heterocycles. The van der Waals surface area contributed by atoms with Gasteiger partial charge in [-0.15, -0.1) is 11.8 Å². The largest absolute Gasteiger partial charge is 0.396 e. The standard InChI is InChI=1S/C19H24ClNO4S/c1-2-3-11-25-12-4-9-21-18(23)16(14-5-7-15(20)8-6-14)17(19(21)24)26-13-10-22/h5-8,22H,2-4,9-13H2,1H3. The fourth-order valence-electron chi connectivity index (χ4n) is 2.58. The maximum Gasteiger partial charge on any atom is 0.267 e. The molecule has 0 spiro atoms. The molecule has 0 saturated carbocycles. The first-order valence-corrected chi connectivity index (χ1v) is 10.1. The number of halogens is 1. The third kappa shape index (κ3) is 5.33. The second-order valence-corrected chi connectivity index (χ2v) is 7.41. The minimum Gasteiger partial charge on any atom is -0.396 e. The first kappa shape index (κ1) is 21.0. The van der Waals surface area contributed by atoms with Crippen molar-refractivity contribution < 1.29 is 19.4 Å². The molecule has 0 aliphatic carbocycles. The normalized spacial score (nSPS) is 14.7. The predicted molar refractivity (Wildman–Crippen MR) is 105 cm³/mol. The molecule has 0 atom stereocenters. The van der Waals surface area contributed by atoms with Crippen molar-refractivity contribution in [3.8, 4) is 0 Å². The highest BCUT2D eigenvalue weighted by Crippen LogP contribution is 2.36. The lowest BCUT2D eigenvalue weighted by atomic mass is 10.1. The molecule has 0 radical (unpaired) electrons. The van der Waals surface area contributed by atoms with Gasteiger partial charge in [-0.3, -0.25) is 14.5 Å². The molecule has 2 amide bonds. The van der Waals surface area contributed by atoms with Crippen LogP contribution in [0.1, 0.15) is 31.7 Å². The summed E-state index contributed by atoms with van der Waals surface area (Å²) in [5, 5.41) is 9.66. The molecule has 142 valence electrons. The number of aliphatic hydroxyl groups is 1. The Hall–Kier alpha value is -1.34. The molecule has 1 aromatic rings. The number of ether oxygens (including phenoxy) is 1. The first-order chi connectivity index (χ1) is 12.6. The van der Waals surface area contributed by atoms with E-state index in [2.05, 4.69) is 6.92 Å². The summed E-state index contributed by atoms with van der Waals surface area (Å²) < 4.78 is 5.50. The lowest BCUT2D eigenvalue weighted by Crippen LogP contribution is -2.33. The molecule has 0 fully saturated rings. The van der Waals surface area contributed by atoms with E-state index in [1.807, 2.05) is 0 Å². The van der Waals surface area contributed by atoms with Gasteiger partial charge in [0.15, 0.2) is 0 Å². The van der Waals surface area contributed by atoms with Crippen LogP contribution in [0.4, 0.5) is 0 Å². The molecule has 2 rings (SSSR count). The molecule has 7 heteroatoms. The van der Waals surface area contributed by atoms with Gasteiger partial charge in [-0.25, -0.2) is 0 Å².